The van der Waals surface area contributed by atoms with Crippen LogP contribution in [0.3, 0.4) is 0 Å². The molecule has 0 aromatic heterocycles. The van der Waals surface area contributed by atoms with Crippen LogP contribution in [-0.4, -0.2) is 71.4 Å². The minimum atomic E-state index is -3.55. The predicted molar refractivity (Wildman–Crippen MR) is 98.3 cm³/mol. The van der Waals surface area contributed by atoms with Gasteiger partial charge in [-0.3, -0.25) is 14.0 Å². The predicted octanol–water partition coefficient (Wildman–Crippen LogP) is 0.463. The highest BCUT2D eigenvalue weighted by Crippen LogP contribution is 2.23. The van der Waals surface area contributed by atoms with Crippen LogP contribution >= 0.6 is 0 Å². The molecule has 1 aliphatic heterocycles. The molecule has 2 rings (SSSR count). The summed E-state index contributed by atoms with van der Waals surface area (Å²) in [6.45, 7) is 6.11. The van der Waals surface area contributed by atoms with Crippen LogP contribution in [0.1, 0.15) is 12.5 Å². The van der Waals surface area contributed by atoms with Crippen molar-refractivity contribution in [2.75, 3.05) is 56.5 Å². The van der Waals surface area contributed by atoms with Crippen molar-refractivity contribution < 1.29 is 17.9 Å². The van der Waals surface area contributed by atoms with Gasteiger partial charge in [-0.25, -0.2) is 8.42 Å². The van der Waals surface area contributed by atoms with Crippen LogP contribution in [0, 0.1) is 0 Å². The second kappa shape index (κ2) is 9.17. The van der Waals surface area contributed by atoms with Gasteiger partial charge in [0.05, 0.1) is 25.2 Å². The number of rotatable bonds is 8. The molecule has 0 bridgehead atoms. The van der Waals surface area contributed by atoms with Crippen LogP contribution in [-0.2, 0) is 26.0 Å². The van der Waals surface area contributed by atoms with Crippen LogP contribution in [0.2, 0.25) is 0 Å². The van der Waals surface area contributed by atoms with Crippen LogP contribution in [0.25, 0.3) is 0 Å². The lowest BCUT2D eigenvalue weighted by atomic mass is 10.1. The third-order valence-electron chi connectivity index (χ3n) is 4.18. The van der Waals surface area contributed by atoms with E-state index in [2.05, 4.69) is 10.2 Å². The molecule has 1 aromatic carbocycles. The molecule has 1 amide bonds. The Labute approximate surface area is 150 Å². The van der Waals surface area contributed by atoms with Gasteiger partial charge >= 0.3 is 0 Å². The SMILES string of the molecule is CCc1ccccc1N(CC(=O)NCCN1CCOCC1)S(C)(=O)=O. The summed E-state index contributed by atoms with van der Waals surface area (Å²) in [7, 11) is -3.55. The fourth-order valence-electron chi connectivity index (χ4n) is 2.80. The monoisotopic (exact) mass is 369 g/mol. The fraction of sp³-hybridized carbons (Fsp3) is 0.588. The van der Waals surface area contributed by atoms with Crippen LogP contribution < -0.4 is 9.62 Å². The van der Waals surface area contributed by atoms with Crippen molar-refractivity contribution in [3.63, 3.8) is 0 Å². The van der Waals surface area contributed by atoms with Gasteiger partial charge < -0.3 is 10.1 Å². The maximum Gasteiger partial charge on any atom is 0.240 e. The number of sulfonamides is 1. The maximum absolute atomic E-state index is 12.3. The van der Waals surface area contributed by atoms with Crippen molar-refractivity contribution >= 4 is 21.6 Å². The van der Waals surface area contributed by atoms with Crippen molar-refractivity contribution in [3.05, 3.63) is 29.8 Å². The Bertz CT molecular complexity index is 672. The summed E-state index contributed by atoms with van der Waals surface area (Å²) >= 11 is 0. The van der Waals surface area contributed by atoms with Gasteiger partial charge in [0, 0.05) is 26.2 Å². The minimum Gasteiger partial charge on any atom is -0.379 e. The summed E-state index contributed by atoms with van der Waals surface area (Å²) in [4.78, 5) is 14.5. The second-order valence-corrected chi connectivity index (χ2v) is 7.96. The van der Waals surface area contributed by atoms with E-state index in [1.165, 1.54) is 4.31 Å². The fourth-order valence-corrected chi connectivity index (χ4v) is 3.69. The Hall–Kier alpha value is -1.64. The van der Waals surface area contributed by atoms with Gasteiger partial charge in [-0.05, 0) is 18.1 Å². The van der Waals surface area contributed by atoms with Gasteiger partial charge in [0.2, 0.25) is 15.9 Å². The number of morpholine rings is 1. The zero-order valence-electron chi connectivity index (χ0n) is 14.9. The maximum atomic E-state index is 12.3. The van der Waals surface area contributed by atoms with E-state index < -0.39 is 10.0 Å². The lowest BCUT2D eigenvalue weighted by Gasteiger charge is -2.27. The quantitative estimate of drug-likeness (QED) is 0.720. The molecule has 1 heterocycles. The number of hydrogen-bond acceptors (Lipinski definition) is 5. The van der Waals surface area contributed by atoms with Gasteiger partial charge in [0.15, 0.2) is 0 Å². The molecule has 0 aliphatic carbocycles. The normalized spacial score (nSPS) is 15.8. The van der Waals surface area contributed by atoms with E-state index >= 15 is 0 Å². The number of para-hydroxylation sites is 1. The average Bonchev–Trinajstić information content (AvgIpc) is 2.59. The number of amides is 1. The molecule has 140 valence electrons. The Balaban J connectivity index is 1.96. The standard InChI is InChI=1S/C17H27N3O4S/c1-3-15-6-4-5-7-16(15)20(25(2,22)23)14-17(21)18-8-9-19-10-12-24-13-11-19/h4-7H,3,8-14H2,1-2H3,(H,18,21). The molecule has 25 heavy (non-hydrogen) atoms. The average molecular weight is 369 g/mol. The third kappa shape index (κ3) is 5.98. The summed E-state index contributed by atoms with van der Waals surface area (Å²) in [5.74, 6) is -0.301. The molecule has 1 fully saturated rings. The molecule has 7 nitrogen and oxygen atoms in total. The van der Waals surface area contributed by atoms with E-state index in [-0.39, 0.29) is 12.5 Å². The van der Waals surface area contributed by atoms with Crippen molar-refractivity contribution in [3.8, 4) is 0 Å². The molecule has 0 saturated carbocycles. The van der Waals surface area contributed by atoms with Gasteiger partial charge in [-0.2, -0.15) is 0 Å². The van der Waals surface area contributed by atoms with E-state index in [0.717, 1.165) is 31.5 Å². The van der Waals surface area contributed by atoms with Crippen molar-refractivity contribution in [2.45, 2.75) is 13.3 Å². The molecule has 0 unspecified atom stereocenters. The second-order valence-electron chi connectivity index (χ2n) is 6.06. The molecule has 1 aliphatic rings. The number of carbonyl (C=O) groups is 1. The molecule has 0 spiro atoms. The summed E-state index contributed by atoms with van der Waals surface area (Å²) in [6.07, 6.45) is 1.82. The van der Waals surface area contributed by atoms with Crippen LogP contribution in [0.5, 0.6) is 0 Å². The zero-order valence-corrected chi connectivity index (χ0v) is 15.7. The molecular formula is C17H27N3O4S. The molecule has 1 N–H and O–H groups in total. The van der Waals surface area contributed by atoms with Gasteiger partial charge in [0.25, 0.3) is 0 Å². The first-order valence-electron chi connectivity index (χ1n) is 8.54. The highest BCUT2D eigenvalue weighted by molar-refractivity contribution is 7.92. The first-order valence-corrected chi connectivity index (χ1v) is 10.4. The minimum absolute atomic E-state index is 0.209. The van der Waals surface area contributed by atoms with E-state index in [4.69, 9.17) is 4.74 Å². The number of aryl methyl sites for hydroxylation is 1. The first-order chi connectivity index (χ1) is 11.9. The number of nitrogens with one attached hydrogen (secondary N) is 1. The highest BCUT2D eigenvalue weighted by atomic mass is 32.2. The number of carbonyl (C=O) groups excluding carboxylic acids is 1. The topological polar surface area (TPSA) is 79.0 Å². The molecule has 1 saturated heterocycles. The van der Waals surface area contributed by atoms with Crippen LogP contribution in [0.4, 0.5) is 5.69 Å². The van der Waals surface area contributed by atoms with E-state index in [1.807, 2.05) is 19.1 Å². The summed E-state index contributed by atoms with van der Waals surface area (Å²) < 4.78 is 30.8. The first kappa shape index (κ1) is 19.7. The lowest BCUT2D eigenvalue weighted by Crippen LogP contribution is -2.44. The molecule has 0 atom stereocenters. The Morgan fingerprint density at radius 1 is 1.28 bits per heavy atom. The number of nitrogens with zero attached hydrogens (tertiary/aromatic N) is 2. The largest absolute Gasteiger partial charge is 0.379 e. The number of ether oxygens (including phenoxy) is 1. The van der Waals surface area contributed by atoms with Crippen molar-refractivity contribution in [2.24, 2.45) is 0 Å². The zero-order chi connectivity index (χ0) is 18.3. The number of hydrogen-bond donors (Lipinski definition) is 1. The molecular weight excluding hydrogens is 342 g/mol. The van der Waals surface area contributed by atoms with Crippen molar-refractivity contribution in [1.82, 2.24) is 10.2 Å². The van der Waals surface area contributed by atoms with Gasteiger partial charge in [0.1, 0.15) is 6.54 Å². The Kier molecular flexibility index (Phi) is 7.22. The molecule has 8 heteroatoms. The van der Waals surface area contributed by atoms with Crippen LogP contribution in [0.15, 0.2) is 24.3 Å². The van der Waals surface area contributed by atoms with E-state index in [1.54, 1.807) is 12.1 Å². The molecule has 1 aromatic rings. The van der Waals surface area contributed by atoms with Gasteiger partial charge in [-0.15, -0.1) is 0 Å². The Morgan fingerprint density at radius 2 is 1.96 bits per heavy atom. The lowest BCUT2D eigenvalue weighted by molar-refractivity contribution is -0.119. The van der Waals surface area contributed by atoms with Crippen molar-refractivity contribution in [1.29, 1.82) is 0 Å². The summed E-state index contributed by atoms with van der Waals surface area (Å²) in [6, 6.07) is 7.26. The van der Waals surface area contributed by atoms with E-state index in [0.29, 0.717) is 31.9 Å². The number of benzene rings is 1. The summed E-state index contributed by atoms with van der Waals surface area (Å²) in [5, 5.41) is 2.81. The summed E-state index contributed by atoms with van der Waals surface area (Å²) in [5.41, 5.74) is 1.46. The smallest absolute Gasteiger partial charge is 0.240 e. The Morgan fingerprint density at radius 3 is 2.60 bits per heavy atom. The molecule has 0 radical (unpaired) electrons. The number of anilines is 1. The highest BCUT2D eigenvalue weighted by Gasteiger charge is 2.22. The van der Waals surface area contributed by atoms with Gasteiger partial charge in [-0.1, -0.05) is 25.1 Å². The van der Waals surface area contributed by atoms with E-state index in [9.17, 15) is 13.2 Å². The third-order valence-corrected chi connectivity index (χ3v) is 5.31.